The summed E-state index contributed by atoms with van der Waals surface area (Å²) in [6, 6.07) is 6.00. The number of carboxylic acids is 1. The van der Waals surface area contributed by atoms with Gasteiger partial charge in [0.1, 0.15) is 0 Å². The summed E-state index contributed by atoms with van der Waals surface area (Å²) in [4.78, 5) is 25.6. The van der Waals surface area contributed by atoms with E-state index in [1.165, 1.54) is 5.56 Å². The van der Waals surface area contributed by atoms with E-state index in [-0.39, 0.29) is 17.7 Å². The van der Waals surface area contributed by atoms with Gasteiger partial charge in [0, 0.05) is 18.0 Å². The molecule has 1 N–H and O–H groups in total. The highest BCUT2D eigenvalue weighted by Gasteiger charge is 2.27. The molecule has 1 heterocycles. The van der Waals surface area contributed by atoms with Crippen LogP contribution in [0.5, 0.6) is 0 Å². The van der Waals surface area contributed by atoms with E-state index in [2.05, 4.69) is 11.8 Å². The van der Waals surface area contributed by atoms with E-state index in [0.29, 0.717) is 19.3 Å². The Balaban J connectivity index is 1.91. The Bertz CT molecular complexity index is 559. The van der Waals surface area contributed by atoms with Gasteiger partial charge in [0.25, 0.3) is 0 Å². The van der Waals surface area contributed by atoms with Crippen molar-refractivity contribution in [3.05, 3.63) is 34.9 Å². The van der Waals surface area contributed by atoms with Crippen molar-refractivity contribution < 1.29 is 14.7 Å². The fourth-order valence-electron chi connectivity index (χ4n) is 3.02. The third kappa shape index (κ3) is 3.95. The zero-order valence-corrected chi connectivity index (χ0v) is 13.6. The molecule has 0 amide bonds. The zero-order valence-electron chi connectivity index (χ0n) is 13.6. The summed E-state index contributed by atoms with van der Waals surface area (Å²) < 4.78 is 0. The van der Waals surface area contributed by atoms with Gasteiger partial charge in [-0.15, -0.1) is 0 Å². The lowest BCUT2D eigenvalue weighted by Gasteiger charge is -2.34. The second-order valence-corrected chi connectivity index (χ2v) is 6.42. The number of carbonyl (C=O) groups is 2. The largest absolute Gasteiger partial charge is 0.481 e. The maximum Gasteiger partial charge on any atom is 0.306 e. The van der Waals surface area contributed by atoms with Crippen molar-refractivity contribution in [2.24, 2.45) is 5.92 Å². The second kappa shape index (κ2) is 7.05. The number of ketones is 1. The summed E-state index contributed by atoms with van der Waals surface area (Å²) in [6.07, 6.45) is 1.84. The number of carbonyl (C=O) groups excluding carboxylic acids is 1. The van der Waals surface area contributed by atoms with Crippen LogP contribution in [0.15, 0.2) is 18.2 Å². The van der Waals surface area contributed by atoms with E-state index in [4.69, 9.17) is 5.11 Å². The Morgan fingerprint density at radius 1 is 1.23 bits per heavy atom. The average Bonchev–Trinajstić information content (AvgIpc) is 2.50. The van der Waals surface area contributed by atoms with E-state index in [1.807, 2.05) is 32.0 Å². The predicted molar refractivity (Wildman–Crippen MR) is 86.3 cm³/mol. The van der Waals surface area contributed by atoms with E-state index < -0.39 is 5.97 Å². The molecule has 1 unspecified atom stereocenters. The van der Waals surface area contributed by atoms with Crippen LogP contribution in [-0.4, -0.2) is 40.9 Å². The van der Waals surface area contributed by atoms with Crippen LogP contribution in [0.3, 0.4) is 0 Å². The predicted octanol–water partition coefficient (Wildman–Crippen LogP) is 3.06. The Hall–Kier alpha value is -1.68. The van der Waals surface area contributed by atoms with Crippen LogP contribution in [0.2, 0.25) is 0 Å². The van der Waals surface area contributed by atoms with Crippen LogP contribution in [-0.2, 0) is 4.79 Å². The van der Waals surface area contributed by atoms with Crippen molar-refractivity contribution in [1.29, 1.82) is 0 Å². The number of aryl methyl sites for hydroxylation is 2. The lowest BCUT2D eigenvalue weighted by Crippen LogP contribution is -2.42. The maximum atomic E-state index is 12.4. The number of rotatable bonds is 5. The fourth-order valence-corrected chi connectivity index (χ4v) is 3.02. The Morgan fingerprint density at radius 3 is 2.41 bits per heavy atom. The Kier molecular flexibility index (Phi) is 5.35. The zero-order chi connectivity index (χ0) is 16.3. The summed E-state index contributed by atoms with van der Waals surface area (Å²) in [6.45, 7) is 7.64. The fraction of sp³-hybridized carbons (Fsp3) is 0.556. The number of benzene rings is 1. The van der Waals surface area contributed by atoms with Gasteiger partial charge >= 0.3 is 5.97 Å². The first-order chi connectivity index (χ1) is 10.4. The highest BCUT2D eigenvalue weighted by atomic mass is 16.4. The van der Waals surface area contributed by atoms with E-state index in [0.717, 1.165) is 24.2 Å². The summed E-state index contributed by atoms with van der Waals surface area (Å²) in [7, 11) is 0. The molecule has 0 aromatic heterocycles. The number of carboxylic acid groups (broad SMARTS) is 1. The van der Waals surface area contributed by atoms with Gasteiger partial charge < -0.3 is 10.0 Å². The molecule has 0 spiro atoms. The molecule has 1 aliphatic heterocycles. The first kappa shape index (κ1) is 16.7. The van der Waals surface area contributed by atoms with E-state index >= 15 is 0 Å². The molecule has 120 valence electrons. The van der Waals surface area contributed by atoms with Gasteiger partial charge in [0.15, 0.2) is 5.78 Å². The lowest BCUT2D eigenvalue weighted by molar-refractivity contribution is -0.143. The summed E-state index contributed by atoms with van der Waals surface area (Å²) in [5.41, 5.74) is 3.11. The highest BCUT2D eigenvalue weighted by Crippen LogP contribution is 2.21. The third-order valence-electron chi connectivity index (χ3n) is 4.81. The standard InChI is InChI=1S/C18H25NO3/c1-12-4-5-16(10-13(12)2)17(20)11-14(3)19-8-6-15(7-9-19)18(21)22/h4-5,10,14-15H,6-9,11H2,1-3H3,(H,21,22). The van der Waals surface area contributed by atoms with Gasteiger partial charge in [-0.25, -0.2) is 0 Å². The van der Waals surface area contributed by atoms with Crippen LogP contribution < -0.4 is 0 Å². The summed E-state index contributed by atoms with van der Waals surface area (Å²) in [5, 5.41) is 9.03. The van der Waals surface area contributed by atoms with Crippen molar-refractivity contribution in [3.8, 4) is 0 Å². The molecule has 1 atom stereocenters. The second-order valence-electron chi connectivity index (χ2n) is 6.42. The van der Waals surface area contributed by atoms with Crippen LogP contribution in [0.4, 0.5) is 0 Å². The molecule has 1 saturated heterocycles. The van der Waals surface area contributed by atoms with Crippen molar-refractivity contribution in [2.75, 3.05) is 13.1 Å². The van der Waals surface area contributed by atoms with Crippen LogP contribution >= 0.6 is 0 Å². The SMILES string of the molecule is Cc1ccc(C(=O)CC(C)N2CCC(C(=O)O)CC2)cc1C. The highest BCUT2D eigenvalue weighted by molar-refractivity contribution is 5.96. The Morgan fingerprint density at radius 2 is 1.86 bits per heavy atom. The van der Waals surface area contributed by atoms with Crippen molar-refractivity contribution in [3.63, 3.8) is 0 Å². The molecule has 0 bridgehead atoms. The minimum atomic E-state index is -0.696. The molecule has 1 aromatic rings. The first-order valence-corrected chi connectivity index (χ1v) is 7.95. The number of hydrogen-bond acceptors (Lipinski definition) is 3. The molecular formula is C18H25NO3. The van der Waals surface area contributed by atoms with Gasteiger partial charge in [0.2, 0.25) is 0 Å². The number of nitrogens with zero attached hydrogens (tertiary/aromatic N) is 1. The topological polar surface area (TPSA) is 57.6 Å². The molecular weight excluding hydrogens is 278 g/mol. The lowest BCUT2D eigenvalue weighted by atomic mass is 9.94. The minimum Gasteiger partial charge on any atom is -0.481 e. The average molecular weight is 303 g/mol. The monoisotopic (exact) mass is 303 g/mol. The van der Waals surface area contributed by atoms with Crippen LogP contribution in [0.25, 0.3) is 0 Å². The first-order valence-electron chi connectivity index (χ1n) is 7.95. The smallest absolute Gasteiger partial charge is 0.306 e. The molecule has 2 rings (SSSR count). The number of hydrogen-bond donors (Lipinski definition) is 1. The molecule has 1 aliphatic rings. The van der Waals surface area contributed by atoms with Gasteiger partial charge in [-0.1, -0.05) is 12.1 Å². The number of aliphatic carboxylic acids is 1. The van der Waals surface area contributed by atoms with Gasteiger partial charge in [-0.2, -0.15) is 0 Å². The molecule has 0 saturated carbocycles. The molecule has 0 radical (unpaired) electrons. The van der Waals surface area contributed by atoms with Crippen LogP contribution in [0.1, 0.15) is 47.7 Å². The van der Waals surface area contributed by atoms with Gasteiger partial charge in [-0.3, -0.25) is 9.59 Å². The van der Waals surface area contributed by atoms with Crippen LogP contribution in [0, 0.1) is 19.8 Å². The van der Waals surface area contributed by atoms with E-state index in [9.17, 15) is 9.59 Å². The number of likely N-dealkylation sites (tertiary alicyclic amines) is 1. The summed E-state index contributed by atoms with van der Waals surface area (Å²) in [5.74, 6) is -0.756. The van der Waals surface area contributed by atoms with Crippen molar-refractivity contribution in [2.45, 2.75) is 46.1 Å². The quantitative estimate of drug-likeness (QED) is 0.849. The van der Waals surface area contributed by atoms with Crippen molar-refractivity contribution >= 4 is 11.8 Å². The molecule has 1 fully saturated rings. The summed E-state index contributed by atoms with van der Waals surface area (Å²) >= 11 is 0. The van der Waals surface area contributed by atoms with Gasteiger partial charge in [-0.05, 0) is 63.9 Å². The number of Topliss-reactive ketones (excluding diaryl/α,β-unsaturated/α-hetero) is 1. The maximum absolute atomic E-state index is 12.4. The molecule has 0 aliphatic carbocycles. The normalized spacial score (nSPS) is 18.1. The minimum absolute atomic E-state index is 0.156. The molecule has 4 heteroatoms. The molecule has 4 nitrogen and oxygen atoms in total. The van der Waals surface area contributed by atoms with E-state index in [1.54, 1.807) is 0 Å². The molecule has 22 heavy (non-hydrogen) atoms. The van der Waals surface area contributed by atoms with Gasteiger partial charge in [0.05, 0.1) is 5.92 Å². The molecule has 1 aromatic carbocycles. The van der Waals surface area contributed by atoms with Crippen molar-refractivity contribution in [1.82, 2.24) is 4.90 Å². The third-order valence-corrected chi connectivity index (χ3v) is 4.81. The Labute approximate surface area is 132 Å². The number of piperidine rings is 1.